The third kappa shape index (κ3) is 5.08. The Labute approximate surface area is 186 Å². The van der Waals surface area contributed by atoms with Crippen LogP contribution in [-0.4, -0.2) is 29.0 Å². The lowest BCUT2D eigenvalue weighted by molar-refractivity contribution is 0.0958. The van der Waals surface area contributed by atoms with Crippen LogP contribution in [0.4, 0.5) is 15.6 Å². The molecule has 8 nitrogen and oxygen atoms in total. The van der Waals surface area contributed by atoms with E-state index in [1.807, 2.05) is 0 Å². The Hall–Kier alpha value is -3.69. The van der Waals surface area contributed by atoms with Crippen LogP contribution in [0.3, 0.4) is 0 Å². The van der Waals surface area contributed by atoms with E-state index in [1.54, 1.807) is 54.6 Å². The zero-order chi connectivity index (χ0) is 21.8. The van der Waals surface area contributed by atoms with Crippen molar-refractivity contribution in [3.8, 4) is 11.5 Å². The molecule has 4 rings (SSSR count). The lowest BCUT2D eigenvalue weighted by Crippen LogP contribution is -2.19. The van der Waals surface area contributed by atoms with Gasteiger partial charge in [0, 0.05) is 30.0 Å². The number of ether oxygens (including phenoxy) is 1. The van der Waals surface area contributed by atoms with Crippen molar-refractivity contribution in [1.29, 1.82) is 0 Å². The van der Waals surface area contributed by atoms with Crippen LogP contribution in [0.1, 0.15) is 10.5 Å². The third-order valence-corrected chi connectivity index (χ3v) is 5.28. The highest BCUT2D eigenvalue weighted by Gasteiger charge is 2.10. The van der Waals surface area contributed by atoms with Gasteiger partial charge in [-0.25, -0.2) is 9.78 Å². The first-order valence-corrected chi connectivity index (χ1v) is 10.3. The fourth-order valence-corrected chi connectivity index (χ4v) is 3.82. The van der Waals surface area contributed by atoms with Gasteiger partial charge in [0.05, 0.1) is 10.2 Å². The molecule has 0 fully saturated rings. The average Bonchev–Trinajstić information content (AvgIpc) is 3.15. The molecule has 4 aromatic rings. The summed E-state index contributed by atoms with van der Waals surface area (Å²) in [6.07, 6.45) is 1.50. The number of aromatic nitrogens is 2. The predicted molar refractivity (Wildman–Crippen MR) is 121 cm³/mol. The molecule has 0 saturated heterocycles. The molecule has 2 heterocycles. The van der Waals surface area contributed by atoms with Gasteiger partial charge < -0.3 is 15.4 Å². The maximum atomic E-state index is 12.3. The van der Waals surface area contributed by atoms with Gasteiger partial charge in [-0.3, -0.25) is 15.1 Å². The number of hydrogen-bond donors (Lipinski definition) is 3. The van der Waals surface area contributed by atoms with Crippen LogP contribution < -0.4 is 20.7 Å². The minimum absolute atomic E-state index is 0.257. The van der Waals surface area contributed by atoms with E-state index in [0.717, 1.165) is 10.2 Å². The number of nitrogens with one attached hydrogen (secondary N) is 3. The molecule has 0 bridgehead atoms. The van der Waals surface area contributed by atoms with Gasteiger partial charge in [0.2, 0.25) is 0 Å². The van der Waals surface area contributed by atoms with Crippen molar-refractivity contribution in [2.45, 2.75) is 0 Å². The van der Waals surface area contributed by atoms with Crippen molar-refractivity contribution in [2.24, 2.45) is 0 Å². The van der Waals surface area contributed by atoms with Gasteiger partial charge in [0.15, 0.2) is 5.13 Å². The van der Waals surface area contributed by atoms with Gasteiger partial charge in [-0.2, -0.15) is 0 Å². The molecule has 3 N–H and O–H groups in total. The molecule has 2 aromatic heterocycles. The zero-order valence-electron chi connectivity index (χ0n) is 16.2. The summed E-state index contributed by atoms with van der Waals surface area (Å²) in [5, 5.41) is 9.06. The van der Waals surface area contributed by atoms with E-state index in [2.05, 4.69) is 25.9 Å². The van der Waals surface area contributed by atoms with Crippen LogP contribution in [0.5, 0.6) is 11.5 Å². The average molecular weight is 454 g/mol. The lowest BCUT2D eigenvalue weighted by Gasteiger charge is -2.09. The number of nitrogens with zero attached hydrogens (tertiary/aromatic N) is 2. The second kappa shape index (κ2) is 8.99. The van der Waals surface area contributed by atoms with Crippen molar-refractivity contribution in [3.05, 3.63) is 71.5 Å². The molecular formula is C21H16ClN5O3S. The number of amides is 3. The first kappa shape index (κ1) is 20.6. The molecule has 0 aliphatic heterocycles. The number of hydrogen-bond acceptors (Lipinski definition) is 6. The standard InChI is InChI=1S/C21H16ClN5O3S/c1-23-19(28)17-11-15(8-9-24-17)30-14-5-3-13(4-6-14)25-20(29)27-21-26-16-7-2-12(22)10-18(16)31-21/h2-11H,1H3,(H,23,28)(H2,25,26,27,29). The monoisotopic (exact) mass is 453 g/mol. The van der Waals surface area contributed by atoms with Gasteiger partial charge in [-0.1, -0.05) is 22.9 Å². The summed E-state index contributed by atoms with van der Waals surface area (Å²) in [5.74, 6) is 0.721. The normalized spacial score (nSPS) is 10.5. The Morgan fingerprint density at radius 3 is 2.58 bits per heavy atom. The Kier molecular flexibility index (Phi) is 5.96. The second-order valence-corrected chi connectivity index (χ2v) is 7.76. The number of fused-ring (bicyclic) bond motifs is 1. The van der Waals surface area contributed by atoms with E-state index in [9.17, 15) is 9.59 Å². The van der Waals surface area contributed by atoms with Gasteiger partial charge in [0.25, 0.3) is 5.91 Å². The van der Waals surface area contributed by atoms with Crippen molar-refractivity contribution in [3.63, 3.8) is 0 Å². The van der Waals surface area contributed by atoms with Crippen molar-refractivity contribution >= 4 is 55.9 Å². The van der Waals surface area contributed by atoms with Gasteiger partial charge in [0.1, 0.15) is 17.2 Å². The van der Waals surface area contributed by atoms with Crippen molar-refractivity contribution in [2.75, 3.05) is 17.7 Å². The summed E-state index contributed by atoms with van der Waals surface area (Å²) < 4.78 is 6.63. The molecule has 31 heavy (non-hydrogen) atoms. The second-order valence-electron chi connectivity index (χ2n) is 6.29. The zero-order valence-corrected chi connectivity index (χ0v) is 17.8. The number of anilines is 2. The summed E-state index contributed by atoms with van der Waals surface area (Å²) >= 11 is 7.32. The fraction of sp³-hybridized carbons (Fsp3) is 0.0476. The summed E-state index contributed by atoms with van der Waals surface area (Å²) in [6, 6.07) is 15.0. The lowest BCUT2D eigenvalue weighted by atomic mass is 10.3. The van der Waals surface area contributed by atoms with Crippen LogP contribution in [0.25, 0.3) is 10.2 Å². The van der Waals surface area contributed by atoms with Crippen molar-refractivity contribution in [1.82, 2.24) is 15.3 Å². The molecule has 156 valence electrons. The Morgan fingerprint density at radius 2 is 1.81 bits per heavy atom. The van der Waals surface area contributed by atoms with Crippen LogP contribution in [0.15, 0.2) is 60.8 Å². The minimum Gasteiger partial charge on any atom is -0.457 e. The topological polar surface area (TPSA) is 105 Å². The molecule has 10 heteroatoms. The van der Waals surface area contributed by atoms with Crippen LogP contribution in [0.2, 0.25) is 5.02 Å². The number of pyridine rings is 1. The molecule has 0 radical (unpaired) electrons. The highest BCUT2D eigenvalue weighted by Crippen LogP contribution is 2.28. The van der Waals surface area contributed by atoms with Gasteiger partial charge in [-0.15, -0.1) is 0 Å². The minimum atomic E-state index is -0.414. The van der Waals surface area contributed by atoms with E-state index in [4.69, 9.17) is 16.3 Å². The third-order valence-electron chi connectivity index (χ3n) is 4.11. The maximum absolute atomic E-state index is 12.3. The molecule has 0 saturated carbocycles. The summed E-state index contributed by atoms with van der Waals surface area (Å²) in [6.45, 7) is 0. The summed E-state index contributed by atoms with van der Waals surface area (Å²) in [4.78, 5) is 32.3. The SMILES string of the molecule is CNC(=O)c1cc(Oc2ccc(NC(=O)Nc3nc4ccc(Cl)cc4s3)cc2)ccn1. The first-order valence-electron chi connectivity index (χ1n) is 9.10. The van der Waals surface area contributed by atoms with E-state index >= 15 is 0 Å². The van der Waals surface area contributed by atoms with E-state index in [1.165, 1.54) is 24.6 Å². The number of thiazole rings is 1. The van der Waals surface area contributed by atoms with E-state index < -0.39 is 6.03 Å². The smallest absolute Gasteiger partial charge is 0.325 e. The van der Waals surface area contributed by atoms with Crippen LogP contribution in [-0.2, 0) is 0 Å². The van der Waals surface area contributed by atoms with Crippen molar-refractivity contribution < 1.29 is 14.3 Å². The Morgan fingerprint density at radius 1 is 1.00 bits per heavy atom. The van der Waals surface area contributed by atoms with Crippen LogP contribution in [0, 0.1) is 0 Å². The number of benzene rings is 2. The van der Waals surface area contributed by atoms with E-state index in [-0.39, 0.29) is 11.6 Å². The Bertz CT molecular complexity index is 1260. The number of carbonyl (C=O) groups excluding carboxylic acids is 2. The highest BCUT2D eigenvalue weighted by atomic mass is 35.5. The predicted octanol–water partition coefficient (Wildman–Crippen LogP) is 5.14. The van der Waals surface area contributed by atoms with Gasteiger partial charge >= 0.3 is 6.03 Å². The van der Waals surface area contributed by atoms with E-state index in [0.29, 0.717) is 27.3 Å². The molecule has 0 atom stereocenters. The number of urea groups is 1. The largest absolute Gasteiger partial charge is 0.457 e. The molecule has 3 amide bonds. The maximum Gasteiger partial charge on any atom is 0.325 e. The quantitative estimate of drug-likeness (QED) is 0.388. The molecule has 0 aliphatic carbocycles. The molecular weight excluding hydrogens is 438 g/mol. The molecule has 0 aliphatic rings. The molecule has 0 unspecified atom stereocenters. The number of halogens is 1. The number of rotatable bonds is 5. The molecule has 2 aromatic carbocycles. The summed E-state index contributed by atoms with van der Waals surface area (Å²) in [5.41, 5.74) is 1.60. The summed E-state index contributed by atoms with van der Waals surface area (Å²) in [7, 11) is 1.53. The van der Waals surface area contributed by atoms with Gasteiger partial charge in [-0.05, 0) is 48.5 Å². The Balaban J connectivity index is 1.37. The van der Waals surface area contributed by atoms with Crippen LogP contribution >= 0.6 is 22.9 Å². The fourth-order valence-electron chi connectivity index (χ4n) is 2.68. The first-order chi connectivity index (χ1) is 15.0. The highest BCUT2D eigenvalue weighted by molar-refractivity contribution is 7.22. The molecule has 0 spiro atoms. The number of carbonyl (C=O) groups is 2.